The summed E-state index contributed by atoms with van der Waals surface area (Å²) in [5, 5.41) is 11.2. The van der Waals surface area contributed by atoms with Gasteiger partial charge in [-0.3, -0.25) is 4.98 Å². The topological polar surface area (TPSA) is 70.4 Å². The minimum Gasteiger partial charge on any atom is -0.370 e. The van der Waals surface area contributed by atoms with Crippen LogP contribution < -0.4 is 16.1 Å². The molecule has 3 aromatic rings. The molecule has 1 aliphatic rings. The normalized spacial score (nSPS) is 17.5. The highest BCUT2D eigenvalue weighted by Gasteiger charge is 2.17. The Labute approximate surface area is 173 Å². The molecule has 2 radical (unpaired) electrons. The number of fused-ring (bicyclic) bond motifs is 1. The Morgan fingerprint density at radius 1 is 1.24 bits per heavy atom. The second-order valence-corrected chi connectivity index (χ2v) is 7.74. The van der Waals surface area contributed by atoms with Crippen LogP contribution in [0.2, 0.25) is 0 Å². The third kappa shape index (κ3) is 4.88. The monoisotopic (exact) mass is 389 g/mol. The summed E-state index contributed by atoms with van der Waals surface area (Å²) in [5.74, 6) is 1.66. The van der Waals surface area contributed by atoms with Crippen LogP contribution in [0.25, 0.3) is 5.65 Å². The molecule has 29 heavy (non-hydrogen) atoms. The number of nitrogens with one attached hydrogen (secondary N) is 2. The van der Waals surface area contributed by atoms with Gasteiger partial charge in [0, 0.05) is 50.3 Å². The first-order valence-corrected chi connectivity index (χ1v) is 10.5. The van der Waals surface area contributed by atoms with Crippen LogP contribution in [-0.4, -0.2) is 58.0 Å². The van der Waals surface area contributed by atoms with Crippen LogP contribution in [0.4, 0.5) is 11.6 Å². The van der Waals surface area contributed by atoms with Crippen molar-refractivity contribution in [1.82, 2.24) is 24.5 Å². The second-order valence-electron chi connectivity index (χ2n) is 7.74. The predicted octanol–water partition coefficient (Wildman–Crippen LogP) is 2.21. The van der Waals surface area contributed by atoms with Crippen molar-refractivity contribution in [2.45, 2.75) is 45.2 Å². The molecule has 0 saturated carbocycles. The van der Waals surface area contributed by atoms with Gasteiger partial charge in [-0.2, -0.15) is 9.61 Å². The van der Waals surface area contributed by atoms with Crippen LogP contribution in [0.15, 0.2) is 36.8 Å². The third-order valence-corrected chi connectivity index (χ3v) is 5.56. The van der Waals surface area contributed by atoms with Crippen LogP contribution in [0, 0.1) is 0 Å². The smallest absolute Gasteiger partial charge is 0.152 e. The number of hydrogen-bond donors (Lipinski definition) is 2. The predicted molar refractivity (Wildman–Crippen MR) is 118 cm³/mol. The molecule has 4 heterocycles. The molecule has 1 unspecified atom stereocenters. The number of hydrogen-bond acceptors (Lipinski definition) is 6. The summed E-state index contributed by atoms with van der Waals surface area (Å²) in [5.41, 5.74) is 2.33. The molecule has 4 rings (SSSR count). The molecule has 1 aliphatic heterocycles. The minimum absolute atomic E-state index is 0.570. The number of aromatic nitrogens is 4. The Kier molecular flexibility index (Phi) is 6.29. The van der Waals surface area contributed by atoms with Gasteiger partial charge in [0.2, 0.25) is 0 Å². The van der Waals surface area contributed by atoms with Crippen LogP contribution in [0.5, 0.6) is 0 Å². The van der Waals surface area contributed by atoms with Gasteiger partial charge in [-0.25, -0.2) is 4.98 Å². The average molecular weight is 389 g/mol. The lowest BCUT2D eigenvalue weighted by Crippen LogP contribution is -2.38. The van der Waals surface area contributed by atoms with E-state index in [1.807, 2.05) is 24.4 Å². The lowest BCUT2D eigenvalue weighted by atomic mass is 10.0. The average Bonchev–Trinajstić information content (AvgIpc) is 3.12. The van der Waals surface area contributed by atoms with Crippen LogP contribution >= 0.6 is 0 Å². The summed E-state index contributed by atoms with van der Waals surface area (Å²) in [7, 11) is 6.07. The number of pyridine rings is 1. The zero-order valence-electron chi connectivity index (χ0n) is 17.0. The Balaban J connectivity index is 1.40. The van der Waals surface area contributed by atoms with E-state index in [0.29, 0.717) is 23.7 Å². The standard InChI is InChI=1S/C21H28BN7/c1-16-6-2-3-10-28(16)11-5-9-24-19-12-20(25-14-17-7-4-8-23-13-17)29-21(27-19)18(22)15-26-29/h4,7-8,12-13,15-16,25H,2-3,5-6,9-11,14H2,1H3,(H,24,27). The van der Waals surface area contributed by atoms with E-state index in [-0.39, 0.29) is 0 Å². The summed E-state index contributed by atoms with van der Waals surface area (Å²) >= 11 is 0. The van der Waals surface area contributed by atoms with Gasteiger partial charge >= 0.3 is 0 Å². The fourth-order valence-electron chi connectivity index (χ4n) is 3.88. The van der Waals surface area contributed by atoms with Gasteiger partial charge in [0.1, 0.15) is 19.5 Å². The van der Waals surface area contributed by atoms with E-state index in [0.717, 1.165) is 36.7 Å². The molecule has 8 heteroatoms. The lowest BCUT2D eigenvalue weighted by molar-refractivity contribution is 0.160. The Morgan fingerprint density at radius 3 is 3.00 bits per heavy atom. The van der Waals surface area contributed by atoms with Crippen molar-refractivity contribution in [3.05, 3.63) is 42.4 Å². The highest BCUT2D eigenvalue weighted by atomic mass is 15.3. The van der Waals surface area contributed by atoms with E-state index >= 15 is 0 Å². The lowest BCUT2D eigenvalue weighted by Gasteiger charge is -2.33. The Bertz CT molecular complexity index is 927. The molecule has 2 N–H and O–H groups in total. The summed E-state index contributed by atoms with van der Waals surface area (Å²) in [6.45, 7) is 6.21. The van der Waals surface area contributed by atoms with E-state index < -0.39 is 0 Å². The molecule has 1 fully saturated rings. The summed E-state index contributed by atoms with van der Waals surface area (Å²) in [6, 6.07) is 6.66. The zero-order valence-corrected chi connectivity index (χ0v) is 17.0. The van der Waals surface area contributed by atoms with Gasteiger partial charge in [-0.15, -0.1) is 0 Å². The molecule has 0 spiro atoms. The second kappa shape index (κ2) is 9.26. The largest absolute Gasteiger partial charge is 0.370 e. The van der Waals surface area contributed by atoms with Crippen molar-refractivity contribution in [3.8, 4) is 0 Å². The first-order chi connectivity index (χ1) is 14.2. The molecular weight excluding hydrogens is 361 g/mol. The molecule has 7 nitrogen and oxygen atoms in total. The molecule has 0 aromatic carbocycles. The van der Waals surface area contributed by atoms with Gasteiger partial charge in [0.05, 0.1) is 0 Å². The third-order valence-electron chi connectivity index (χ3n) is 5.56. The molecule has 1 saturated heterocycles. The number of anilines is 2. The Hall–Kier alpha value is -2.61. The molecule has 1 atom stereocenters. The van der Waals surface area contributed by atoms with E-state index in [1.165, 1.54) is 25.8 Å². The van der Waals surface area contributed by atoms with E-state index in [1.54, 1.807) is 16.9 Å². The fourth-order valence-corrected chi connectivity index (χ4v) is 3.88. The summed E-state index contributed by atoms with van der Waals surface area (Å²) in [6.07, 6.45) is 10.4. The van der Waals surface area contributed by atoms with Crippen molar-refractivity contribution < 1.29 is 0 Å². The van der Waals surface area contributed by atoms with Crippen LogP contribution in [0.3, 0.4) is 0 Å². The molecular formula is C21H28BN7. The Morgan fingerprint density at radius 2 is 2.17 bits per heavy atom. The van der Waals surface area contributed by atoms with E-state index in [4.69, 9.17) is 7.85 Å². The number of likely N-dealkylation sites (tertiary alicyclic amines) is 1. The number of piperidine rings is 1. The maximum atomic E-state index is 6.07. The van der Waals surface area contributed by atoms with E-state index in [9.17, 15) is 0 Å². The van der Waals surface area contributed by atoms with Crippen LogP contribution in [0.1, 0.15) is 38.2 Å². The molecule has 0 aliphatic carbocycles. The molecule has 0 bridgehead atoms. The van der Waals surface area contributed by atoms with Gasteiger partial charge in [0.25, 0.3) is 0 Å². The number of rotatable bonds is 8. The van der Waals surface area contributed by atoms with Crippen LogP contribution in [-0.2, 0) is 6.54 Å². The fraction of sp³-hybridized carbons (Fsp3) is 0.476. The van der Waals surface area contributed by atoms with Gasteiger partial charge in [0.15, 0.2) is 5.65 Å². The molecule has 0 amide bonds. The van der Waals surface area contributed by atoms with Crippen molar-refractivity contribution in [2.75, 3.05) is 30.3 Å². The SMILES string of the molecule is [B]c1cnn2c(NCc3cccnc3)cc(NCCCN3CCCCC3C)nc12. The molecule has 150 valence electrons. The summed E-state index contributed by atoms with van der Waals surface area (Å²) < 4.78 is 1.74. The first kappa shape index (κ1) is 19.7. The van der Waals surface area contributed by atoms with Gasteiger partial charge in [-0.05, 0) is 49.8 Å². The summed E-state index contributed by atoms with van der Waals surface area (Å²) in [4.78, 5) is 11.4. The van der Waals surface area contributed by atoms with Crippen molar-refractivity contribution >= 4 is 30.6 Å². The highest BCUT2D eigenvalue weighted by molar-refractivity contribution is 6.36. The zero-order chi connectivity index (χ0) is 20.1. The van der Waals surface area contributed by atoms with Gasteiger partial charge < -0.3 is 15.5 Å². The maximum Gasteiger partial charge on any atom is 0.152 e. The van der Waals surface area contributed by atoms with Crippen molar-refractivity contribution in [2.24, 2.45) is 0 Å². The van der Waals surface area contributed by atoms with Crippen molar-refractivity contribution in [3.63, 3.8) is 0 Å². The minimum atomic E-state index is 0.570. The maximum absolute atomic E-state index is 6.07. The molecule has 3 aromatic heterocycles. The van der Waals surface area contributed by atoms with Gasteiger partial charge in [-0.1, -0.05) is 12.5 Å². The highest BCUT2D eigenvalue weighted by Crippen LogP contribution is 2.18. The number of nitrogens with zero attached hydrogens (tertiary/aromatic N) is 5. The van der Waals surface area contributed by atoms with E-state index in [2.05, 4.69) is 37.5 Å². The first-order valence-electron chi connectivity index (χ1n) is 10.5. The van der Waals surface area contributed by atoms with Crippen molar-refractivity contribution in [1.29, 1.82) is 0 Å². The quantitative estimate of drug-likeness (QED) is 0.455.